The lowest BCUT2D eigenvalue weighted by Crippen LogP contribution is -2.37. The molecule has 0 spiro atoms. The summed E-state index contributed by atoms with van der Waals surface area (Å²) < 4.78 is 9.91. The van der Waals surface area contributed by atoms with Crippen LogP contribution in [0.4, 0.5) is 5.69 Å². The molecule has 0 fully saturated rings. The van der Waals surface area contributed by atoms with Crippen LogP contribution in [-0.2, 0) is 14.3 Å². The highest BCUT2D eigenvalue weighted by atomic mass is 16.5. The molecular weight excluding hydrogens is 334 g/mol. The fourth-order valence-electron chi connectivity index (χ4n) is 2.37. The van der Waals surface area contributed by atoms with E-state index in [4.69, 9.17) is 9.47 Å². The lowest BCUT2D eigenvalue weighted by molar-refractivity contribution is -0.145. The Morgan fingerprint density at radius 2 is 1.62 bits per heavy atom. The maximum absolute atomic E-state index is 12.6. The Bertz CT molecular complexity index is 756. The first kappa shape index (κ1) is 19.2. The van der Waals surface area contributed by atoms with Gasteiger partial charge in [0.25, 0.3) is 0 Å². The fourth-order valence-corrected chi connectivity index (χ4v) is 2.37. The Kier molecular flexibility index (Phi) is 6.91. The van der Waals surface area contributed by atoms with Gasteiger partial charge in [0, 0.05) is 11.3 Å². The predicted molar refractivity (Wildman–Crippen MR) is 97.4 cm³/mol. The molecule has 0 atom stereocenters. The first-order valence-electron chi connectivity index (χ1n) is 8.23. The second kappa shape index (κ2) is 9.36. The molecule has 26 heavy (non-hydrogen) atoms. The number of nitrogens with zero attached hydrogens (tertiary/aromatic N) is 1. The number of hydrogen-bond acceptors (Lipinski definition) is 5. The number of carbonyl (C=O) groups excluding carboxylic acids is 3. The molecule has 1 amide bonds. The monoisotopic (exact) mass is 355 g/mol. The summed E-state index contributed by atoms with van der Waals surface area (Å²) in [7, 11) is 1.54. The van der Waals surface area contributed by atoms with Gasteiger partial charge < -0.3 is 14.4 Å². The van der Waals surface area contributed by atoms with E-state index in [-0.39, 0.29) is 18.9 Å². The SMILES string of the molecule is CCOC(=O)CC(=O)N(CC(=O)c1ccc(OC)cc1)c1ccccc1. The molecule has 0 N–H and O–H groups in total. The average molecular weight is 355 g/mol. The first-order chi connectivity index (χ1) is 12.5. The van der Waals surface area contributed by atoms with Crippen molar-refractivity contribution in [3.8, 4) is 5.75 Å². The number of esters is 1. The van der Waals surface area contributed by atoms with Gasteiger partial charge in [-0.15, -0.1) is 0 Å². The number of ketones is 1. The number of hydrogen-bond donors (Lipinski definition) is 0. The van der Waals surface area contributed by atoms with Crippen molar-refractivity contribution >= 4 is 23.3 Å². The third-order valence-electron chi connectivity index (χ3n) is 3.68. The summed E-state index contributed by atoms with van der Waals surface area (Å²) in [6.07, 6.45) is -0.418. The van der Waals surface area contributed by atoms with E-state index in [9.17, 15) is 14.4 Å². The summed E-state index contributed by atoms with van der Waals surface area (Å²) in [6.45, 7) is 1.70. The van der Waals surface area contributed by atoms with Gasteiger partial charge in [0.1, 0.15) is 12.2 Å². The lowest BCUT2D eigenvalue weighted by atomic mass is 10.1. The van der Waals surface area contributed by atoms with Crippen molar-refractivity contribution in [1.82, 2.24) is 0 Å². The molecule has 0 aliphatic heterocycles. The Balaban J connectivity index is 2.19. The second-order valence-electron chi connectivity index (χ2n) is 5.45. The molecule has 0 saturated carbocycles. The van der Waals surface area contributed by atoms with Gasteiger partial charge in [-0.05, 0) is 43.3 Å². The van der Waals surface area contributed by atoms with Gasteiger partial charge in [-0.3, -0.25) is 14.4 Å². The minimum absolute atomic E-state index is 0.172. The maximum atomic E-state index is 12.6. The van der Waals surface area contributed by atoms with Crippen molar-refractivity contribution in [2.45, 2.75) is 13.3 Å². The molecule has 0 bridgehead atoms. The van der Waals surface area contributed by atoms with Gasteiger partial charge in [-0.25, -0.2) is 0 Å². The Morgan fingerprint density at radius 3 is 2.19 bits per heavy atom. The van der Waals surface area contributed by atoms with Crippen molar-refractivity contribution in [2.24, 2.45) is 0 Å². The topological polar surface area (TPSA) is 72.9 Å². The minimum atomic E-state index is -0.615. The molecule has 2 aromatic carbocycles. The molecular formula is C20H21NO5. The molecule has 0 unspecified atom stereocenters. The van der Waals surface area contributed by atoms with E-state index in [1.807, 2.05) is 6.07 Å². The Hall–Kier alpha value is -3.15. The van der Waals surface area contributed by atoms with Crippen LogP contribution in [-0.4, -0.2) is 37.9 Å². The van der Waals surface area contributed by atoms with Crippen molar-refractivity contribution in [2.75, 3.05) is 25.2 Å². The quantitative estimate of drug-likeness (QED) is 0.414. The van der Waals surface area contributed by atoms with Crippen LogP contribution in [0.15, 0.2) is 54.6 Å². The molecule has 6 heteroatoms. The van der Waals surface area contributed by atoms with Crippen LogP contribution in [0.25, 0.3) is 0 Å². The van der Waals surface area contributed by atoms with Gasteiger partial charge in [0.2, 0.25) is 5.91 Å². The molecule has 0 aliphatic carbocycles. The van der Waals surface area contributed by atoms with Crippen LogP contribution in [0.2, 0.25) is 0 Å². The maximum Gasteiger partial charge on any atom is 0.315 e. The molecule has 2 rings (SSSR count). The summed E-state index contributed by atoms with van der Waals surface area (Å²) in [6, 6.07) is 15.4. The zero-order valence-electron chi connectivity index (χ0n) is 14.8. The van der Waals surface area contributed by atoms with E-state index in [0.717, 1.165) is 0 Å². The summed E-state index contributed by atoms with van der Waals surface area (Å²) in [5.74, 6) is -0.708. The largest absolute Gasteiger partial charge is 0.497 e. The number of para-hydroxylation sites is 1. The molecule has 0 heterocycles. The number of Topliss-reactive ketones (excluding diaryl/α,β-unsaturated/α-hetero) is 1. The van der Waals surface area contributed by atoms with Crippen LogP contribution in [0, 0.1) is 0 Å². The first-order valence-corrected chi connectivity index (χ1v) is 8.23. The van der Waals surface area contributed by atoms with E-state index in [0.29, 0.717) is 17.0 Å². The van der Waals surface area contributed by atoms with Crippen LogP contribution < -0.4 is 9.64 Å². The van der Waals surface area contributed by atoms with Gasteiger partial charge >= 0.3 is 5.97 Å². The number of anilines is 1. The van der Waals surface area contributed by atoms with E-state index >= 15 is 0 Å². The molecule has 136 valence electrons. The summed E-state index contributed by atoms with van der Waals surface area (Å²) in [5.41, 5.74) is 0.999. The van der Waals surface area contributed by atoms with Crippen molar-refractivity contribution in [1.29, 1.82) is 0 Å². The standard InChI is InChI=1S/C20H21NO5/c1-3-26-20(24)13-19(23)21(16-7-5-4-6-8-16)14-18(22)15-9-11-17(25-2)12-10-15/h4-12H,3,13-14H2,1-2H3. The van der Waals surface area contributed by atoms with E-state index in [1.54, 1.807) is 62.6 Å². The highest BCUT2D eigenvalue weighted by Gasteiger charge is 2.22. The Morgan fingerprint density at radius 1 is 0.962 bits per heavy atom. The second-order valence-corrected chi connectivity index (χ2v) is 5.45. The van der Waals surface area contributed by atoms with E-state index in [1.165, 1.54) is 4.90 Å². The third-order valence-corrected chi connectivity index (χ3v) is 3.68. The predicted octanol–water partition coefficient (Wildman–Crippen LogP) is 2.86. The van der Waals surface area contributed by atoms with Crippen molar-refractivity contribution < 1.29 is 23.9 Å². The number of carbonyl (C=O) groups is 3. The van der Waals surface area contributed by atoms with Gasteiger partial charge in [0.05, 0.1) is 20.3 Å². The van der Waals surface area contributed by atoms with E-state index < -0.39 is 18.3 Å². The Labute approximate surface area is 152 Å². The molecule has 0 aromatic heterocycles. The van der Waals surface area contributed by atoms with Crippen LogP contribution in [0.5, 0.6) is 5.75 Å². The van der Waals surface area contributed by atoms with Crippen LogP contribution >= 0.6 is 0 Å². The van der Waals surface area contributed by atoms with Crippen LogP contribution in [0.3, 0.4) is 0 Å². The normalized spacial score (nSPS) is 10.1. The lowest BCUT2D eigenvalue weighted by Gasteiger charge is -2.22. The number of benzene rings is 2. The number of amides is 1. The third kappa shape index (κ3) is 5.17. The molecule has 0 radical (unpaired) electrons. The zero-order chi connectivity index (χ0) is 18.9. The summed E-state index contributed by atoms with van der Waals surface area (Å²) in [5, 5.41) is 0. The van der Waals surface area contributed by atoms with Gasteiger partial charge in [0.15, 0.2) is 5.78 Å². The summed E-state index contributed by atoms with van der Waals surface area (Å²) >= 11 is 0. The highest BCUT2D eigenvalue weighted by molar-refractivity contribution is 6.09. The number of ether oxygens (including phenoxy) is 2. The van der Waals surface area contributed by atoms with E-state index in [2.05, 4.69) is 0 Å². The molecule has 6 nitrogen and oxygen atoms in total. The molecule has 0 saturated heterocycles. The minimum Gasteiger partial charge on any atom is -0.497 e. The number of methoxy groups -OCH3 is 1. The highest BCUT2D eigenvalue weighted by Crippen LogP contribution is 2.17. The summed E-state index contributed by atoms with van der Waals surface area (Å²) in [4.78, 5) is 38.1. The van der Waals surface area contributed by atoms with Crippen LogP contribution in [0.1, 0.15) is 23.7 Å². The molecule has 2 aromatic rings. The molecule has 0 aliphatic rings. The van der Waals surface area contributed by atoms with Gasteiger partial charge in [-0.2, -0.15) is 0 Å². The van der Waals surface area contributed by atoms with Crippen molar-refractivity contribution in [3.63, 3.8) is 0 Å². The average Bonchev–Trinajstić information content (AvgIpc) is 2.66. The fraction of sp³-hybridized carbons (Fsp3) is 0.250. The van der Waals surface area contributed by atoms with Gasteiger partial charge in [-0.1, -0.05) is 18.2 Å². The smallest absolute Gasteiger partial charge is 0.315 e. The zero-order valence-corrected chi connectivity index (χ0v) is 14.8. The van der Waals surface area contributed by atoms with Crippen molar-refractivity contribution in [3.05, 3.63) is 60.2 Å². The number of rotatable bonds is 8.